The molecule has 1 aliphatic rings. The van der Waals surface area contributed by atoms with Gasteiger partial charge in [0, 0.05) is 19.2 Å². The van der Waals surface area contributed by atoms with Crippen LogP contribution in [0.25, 0.3) is 0 Å². The summed E-state index contributed by atoms with van der Waals surface area (Å²) < 4.78 is 37.1. The standard InChI is InChI=1S/C17H19ClN2O5S/c1-12-9-14(19-25-12)11-24-17(21)13-5-6-15(18)16(10-13)26(22,23)20-7-3-2-4-8-20/h5-6,9-10H,2-4,7-8,11H2,1H3. The first kappa shape index (κ1) is 18.9. The van der Waals surface area contributed by atoms with Gasteiger partial charge in [-0.25, -0.2) is 13.2 Å². The third-order valence-electron chi connectivity index (χ3n) is 4.13. The average molecular weight is 399 g/mol. The van der Waals surface area contributed by atoms with Gasteiger partial charge in [0.25, 0.3) is 0 Å². The third-order valence-corrected chi connectivity index (χ3v) is 6.51. The number of aryl methyl sites for hydroxylation is 1. The van der Waals surface area contributed by atoms with Crippen LogP contribution in [0.4, 0.5) is 0 Å². The van der Waals surface area contributed by atoms with Crippen molar-refractivity contribution in [3.05, 3.63) is 46.3 Å². The van der Waals surface area contributed by atoms with Crippen molar-refractivity contribution in [2.45, 2.75) is 37.7 Å². The number of hydrogen-bond donors (Lipinski definition) is 0. The smallest absolute Gasteiger partial charge is 0.338 e. The normalized spacial score (nSPS) is 15.8. The van der Waals surface area contributed by atoms with Crippen molar-refractivity contribution in [1.29, 1.82) is 0 Å². The Morgan fingerprint density at radius 1 is 1.27 bits per heavy atom. The fourth-order valence-corrected chi connectivity index (χ4v) is 4.80. The summed E-state index contributed by atoms with van der Waals surface area (Å²) >= 11 is 6.10. The second-order valence-electron chi connectivity index (χ2n) is 6.11. The Kier molecular flexibility index (Phi) is 5.64. The van der Waals surface area contributed by atoms with E-state index in [4.69, 9.17) is 20.9 Å². The second kappa shape index (κ2) is 7.77. The van der Waals surface area contributed by atoms with E-state index < -0.39 is 16.0 Å². The molecule has 0 N–H and O–H groups in total. The minimum Gasteiger partial charge on any atom is -0.455 e. The van der Waals surface area contributed by atoms with Gasteiger partial charge in [-0.3, -0.25) is 0 Å². The number of esters is 1. The summed E-state index contributed by atoms with van der Waals surface area (Å²) in [5, 5.41) is 3.82. The summed E-state index contributed by atoms with van der Waals surface area (Å²) in [6, 6.07) is 5.76. The number of halogens is 1. The molecule has 1 aliphatic heterocycles. The number of benzene rings is 1. The lowest BCUT2D eigenvalue weighted by Crippen LogP contribution is -2.35. The Labute approximate surface area is 156 Å². The SMILES string of the molecule is Cc1cc(COC(=O)c2ccc(Cl)c(S(=O)(=O)N3CCCCC3)c2)no1. The van der Waals surface area contributed by atoms with Gasteiger partial charge >= 0.3 is 5.97 Å². The van der Waals surface area contributed by atoms with Gasteiger partial charge in [-0.05, 0) is 38.0 Å². The first-order chi connectivity index (χ1) is 12.4. The fourth-order valence-electron chi connectivity index (χ4n) is 2.78. The molecule has 0 aliphatic carbocycles. The molecule has 0 saturated carbocycles. The molecule has 1 fully saturated rings. The summed E-state index contributed by atoms with van der Waals surface area (Å²) in [6.45, 7) is 2.58. The maximum atomic E-state index is 12.8. The molecule has 3 rings (SSSR count). The van der Waals surface area contributed by atoms with Gasteiger partial charge < -0.3 is 9.26 Å². The van der Waals surface area contributed by atoms with Crippen molar-refractivity contribution in [3.8, 4) is 0 Å². The highest BCUT2D eigenvalue weighted by Gasteiger charge is 2.29. The van der Waals surface area contributed by atoms with E-state index in [-0.39, 0.29) is 22.1 Å². The van der Waals surface area contributed by atoms with Crippen molar-refractivity contribution in [2.75, 3.05) is 13.1 Å². The topological polar surface area (TPSA) is 89.7 Å². The van der Waals surface area contributed by atoms with Gasteiger partial charge in [0.15, 0.2) is 0 Å². The first-order valence-electron chi connectivity index (χ1n) is 8.27. The third kappa shape index (κ3) is 4.08. The van der Waals surface area contributed by atoms with Crippen molar-refractivity contribution >= 4 is 27.6 Å². The predicted octanol–water partition coefficient (Wildman–Crippen LogP) is 3.17. The van der Waals surface area contributed by atoms with Crippen LogP contribution in [0.1, 0.15) is 41.1 Å². The van der Waals surface area contributed by atoms with Crippen molar-refractivity contribution in [1.82, 2.24) is 9.46 Å². The molecule has 0 atom stereocenters. The number of aromatic nitrogens is 1. The fraction of sp³-hybridized carbons (Fsp3) is 0.412. The molecule has 0 unspecified atom stereocenters. The van der Waals surface area contributed by atoms with Gasteiger partial charge in [0.2, 0.25) is 10.0 Å². The van der Waals surface area contributed by atoms with Crippen molar-refractivity contribution in [3.63, 3.8) is 0 Å². The summed E-state index contributed by atoms with van der Waals surface area (Å²) in [5.41, 5.74) is 0.594. The Balaban J connectivity index is 1.79. The molecule has 1 aromatic carbocycles. The maximum absolute atomic E-state index is 12.8. The maximum Gasteiger partial charge on any atom is 0.338 e. The van der Waals surface area contributed by atoms with Crippen LogP contribution in [-0.4, -0.2) is 36.9 Å². The van der Waals surface area contributed by atoms with Gasteiger partial charge in [0.05, 0.1) is 10.6 Å². The molecule has 2 heterocycles. The molecule has 0 bridgehead atoms. The predicted molar refractivity (Wildman–Crippen MR) is 94.4 cm³/mol. The van der Waals surface area contributed by atoms with E-state index in [0.717, 1.165) is 19.3 Å². The molecule has 1 saturated heterocycles. The highest BCUT2D eigenvalue weighted by molar-refractivity contribution is 7.89. The van der Waals surface area contributed by atoms with Gasteiger partial charge in [-0.1, -0.05) is 23.2 Å². The lowest BCUT2D eigenvalue weighted by molar-refractivity contribution is 0.0464. The van der Waals surface area contributed by atoms with Crippen LogP contribution in [0.2, 0.25) is 5.02 Å². The number of carbonyl (C=O) groups is 1. The monoisotopic (exact) mass is 398 g/mol. The number of nitrogens with zero attached hydrogens (tertiary/aromatic N) is 2. The molecule has 140 valence electrons. The summed E-state index contributed by atoms with van der Waals surface area (Å²) in [6.07, 6.45) is 2.64. The molecular formula is C17H19ClN2O5S. The Morgan fingerprint density at radius 3 is 2.65 bits per heavy atom. The minimum atomic E-state index is -3.75. The Bertz CT molecular complexity index is 904. The zero-order chi connectivity index (χ0) is 18.7. The Morgan fingerprint density at radius 2 is 2.00 bits per heavy atom. The number of hydrogen-bond acceptors (Lipinski definition) is 6. The number of ether oxygens (including phenoxy) is 1. The Hall–Kier alpha value is -1.90. The van der Waals surface area contributed by atoms with Crippen molar-refractivity contribution < 1.29 is 22.5 Å². The minimum absolute atomic E-state index is 0.0625. The molecule has 9 heteroatoms. The quantitative estimate of drug-likeness (QED) is 0.718. The van der Waals surface area contributed by atoms with Crippen LogP contribution < -0.4 is 0 Å². The molecule has 26 heavy (non-hydrogen) atoms. The van der Waals surface area contributed by atoms with E-state index in [2.05, 4.69) is 5.16 Å². The second-order valence-corrected chi connectivity index (χ2v) is 8.43. The molecule has 1 aromatic heterocycles. The number of sulfonamides is 1. The first-order valence-corrected chi connectivity index (χ1v) is 10.1. The lowest BCUT2D eigenvalue weighted by Gasteiger charge is -2.26. The van der Waals surface area contributed by atoms with E-state index in [1.54, 1.807) is 13.0 Å². The molecule has 0 spiro atoms. The largest absolute Gasteiger partial charge is 0.455 e. The van der Waals surface area contributed by atoms with Crippen LogP contribution in [0.5, 0.6) is 0 Å². The van der Waals surface area contributed by atoms with E-state index >= 15 is 0 Å². The van der Waals surface area contributed by atoms with Crippen LogP contribution in [0.15, 0.2) is 33.7 Å². The van der Waals surface area contributed by atoms with Crippen LogP contribution in [-0.2, 0) is 21.4 Å². The summed E-state index contributed by atoms with van der Waals surface area (Å²) in [4.78, 5) is 12.2. The van der Waals surface area contributed by atoms with E-state index in [1.165, 1.54) is 22.5 Å². The highest BCUT2D eigenvalue weighted by atomic mass is 35.5. The lowest BCUT2D eigenvalue weighted by atomic mass is 10.2. The van der Waals surface area contributed by atoms with Crippen LogP contribution in [0.3, 0.4) is 0 Å². The van der Waals surface area contributed by atoms with Crippen molar-refractivity contribution in [2.24, 2.45) is 0 Å². The van der Waals surface area contributed by atoms with E-state index in [1.807, 2.05) is 0 Å². The number of rotatable bonds is 5. The van der Waals surface area contributed by atoms with Gasteiger partial charge in [-0.15, -0.1) is 0 Å². The van der Waals surface area contributed by atoms with E-state index in [0.29, 0.717) is 24.5 Å². The van der Waals surface area contributed by atoms with Crippen LogP contribution in [0, 0.1) is 6.92 Å². The zero-order valence-corrected chi connectivity index (χ0v) is 15.8. The van der Waals surface area contributed by atoms with Gasteiger partial charge in [0.1, 0.15) is 23.0 Å². The molecule has 0 radical (unpaired) electrons. The number of piperidine rings is 1. The number of carbonyl (C=O) groups excluding carboxylic acids is 1. The zero-order valence-electron chi connectivity index (χ0n) is 14.3. The molecule has 7 nitrogen and oxygen atoms in total. The molecule has 2 aromatic rings. The van der Waals surface area contributed by atoms with Gasteiger partial charge in [-0.2, -0.15) is 4.31 Å². The molecule has 0 amide bonds. The highest BCUT2D eigenvalue weighted by Crippen LogP contribution is 2.28. The van der Waals surface area contributed by atoms with E-state index in [9.17, 15) is 13.2 Å². The summed E-state index contributed by atoms with van der Waals surface area (Å²) in [7, 11) is -3.75. The molecular weight excluding hydrogens is 380 g/mol. The summed E-state index contributed by atoms with van der Waals surface area (Å²) in [5.74, 6) is -0.0464. The van der Waals surface area contributed by atoms with Crippen LogP contribution >= 0.6 is 11.6 Å². The average Bonchev–Trinajstić information content (AvgIpc) is 3.06.